The molecule has 158 valence electrons. The van der Waals surface area contributed by atoms with Crippen molar-refractivity contribution in [1.82, 2.24) is 0 Å². The Morgan fingerprint density at radius 3 is 1.74 bits per heavy atom. The molecular weight excluding hydrogens is 348 g/mol. The van der Waals surface area contributed by atoms with Crippen LogP contribution in [-0.2, 0) is 12.2 Å². The standard InChI is InChI=1S/C25H46OS/c1-4-7-9-11-13-15-19-27(20-16-14-12-10-8-5-2)22-23-17-18-25(26)24(6-3)21-23/h17-18,21,26-27H,4-16,19-20,22H2,1-3H3. The van der Waals surface area contributed by atoms with E-state index in [4.69, 9.17) is 0 Å². The quantitative estimate of drug-likeness (QED) is 0.201. The number of rotatable bonds is 17. The van der Waals surface area contributed by atoms with Crippen LogP contribution in [0.25, 0.3) is 0 Å². The highest BCUT2D eigenvalue weighted by molar-refractivity contribution is 8.16. The van der Waals surface area contributed by atoms with Gasteiger partial charge in [-0.05, 0) is 48.0 Å². The van der Waals surface area contributed by atoms with E-state index in [0.717, 1.165) is 12.0 Å². The third-order valence-electron chi connectivity index (χ3n) is 5.59. The van der Waals surface area contributed by atoms with Crippen molar-refractivity contribution in [3.63, 3.8) is 0 Å². The average molecular weight is 395 g/mol. The molecule has 0 heterocycles. The van der Waals surface area contributed by atoms with Gasteiger partial charge in [0, 0.05) is 5.75 Å². The van der Waals surface area contributed by atoms with Gasteiger partial charge in [-0.15, -0.1) is 0 Å². The van der Waals surface area contributed by atoms with E-state index in [0.29, 0.717) is 5.75 Å². The Morgan fingerprint density at radius 1 is 0.704 bits per heavy atom. The molecule has 1 N–H and O–H groups in total. The normalized spacial score (nSPS) is 11.7. The van der Waals surface area contributed by atoms with Crippen molar-refractivity contribution in [2.75, 3.05) is 11.5 Å². The maximum Gasteiger partial charge on any atom is 0.118 e. The molecule has 0 aliphatic rings. The van der Waals surface area contributed by atoms with Crippen LogP contribution in [0.3, 0.4) is 0 Å². The Balaban J connectivity index is 2.45. The van der Waals surface area contributed by atoms with Gasteiger partial charge in [-0.25, -0.2) is 10.9 Å². The highest BCUT2D eigenvalue weighted by atomic mass is 32.2. The predicted molar refractivity (Wildman–Crippen MR) is 127 cm³/mol. The highest BCUT2D eigenvalue weighted by Gasteiger charge is 2.08. The number of thiol groups is 1. The lowest BCUT2D eigenvalue weighted by atomic mass is 10.1. The zero-order valence-corrected chi connectivity index (χ0v) is 19.3. The molecule has 0 aromatic heterocycles. The topological polar surface area (TPSA) is 20.2 Å². The van der Waals surface area contributed by atoms with Crippen molar-refractivity contribution < 1.29 is 5.11 Å². The number of phenols is 1. The van der Waals surface area contributed by atoms with Gasteiger partial charge in [0.2, 0.25) is 0 Å². The molecular formula is C25H46OS. The van der Waals surface area contributed by atoms with E-state index in [-0.39, 0.29) is 10.9 Å². The van der Waals surface area contributed by atoms with Crippen LogP contribution in [0.5, 0.6) is 5.75 Å². The van der Waals surface area contributed by atoms with E-state index in [1.807, 2.05) is 6.07 Å². The van der Waals surface area contributed by atoms with Gasteiger partial charge in [0.25, 0.3) is 0 Å². The second kappa shape index (κ2) is 16.3. The molecule has 0 aliphatic heterocycles. The van der Waals surface area contributed by atoms with Gasteiger partial charge < -0.3 is 5.11 Å². The van der Waals surface area contributed by atoms with Gasteiger partial charge in [-0.1, -0.05) is 97.1 Å². The van der Waals surface area contributed by atoms with E-state index in [9.17, 15) is 5.11 Å². The molecule has 0 amide bonds. The van der Waals surface area contributed by atoms with Gasteiger partial charge in [-0.3, -0.25) is 0 Å². The molecule has 0 spiro atoms. The number of aromatic hydroxyl groups is 1. The largest absolute Gasteiger partial charge is 0.508 e. The van der Waals surface area contributed by atoms with Crippen LogP contribution in [0.4, 0.5) is 0 Å². The van der Waals surface area contributed by atoms with Crippen LogP contribution < -0.4 is 0 Å². The molecule has 27 heavy (non-hydrogen) atoms. The second-order valence-electron chi connectivity index (χ2n) is 8.13. The molecule has 1 rings (SSSR count). The SMILES string of the molecule is CCCCCCCC[SH](CCCCCCCC)Cc1ccc(O)c(CC)c1. The summed E-state index contributed by atoms with van der Waals surface area (Å²) in [5.74, 6) is 4.61. The molecule has 0 fully saturated rings. The van der Waals surface area contributed by atoms with E-state index in [1.165, 1.54) is 99.9 Å². The Kier molecular flexibility index (Phi) is 14.8. The third kappa shape index (κ3) is 11.7. The number of hydrogen-bond acceptors (Lipinski definition) is 1. The molecule has 0 unspecified atom stereocenters. The number of hydrogen-bond donors (Lipinski definition) is 2. The first kappa shape index (κ1) is 24.4. The van der Waals surface area contributed by atoms with E-state index in [1.54, 1.807) is 0 Å². The Morgan fingerprint density at radius 2 is 1.22 bits per heavy atom. The third-order valence-corrected chi connectivity index (χ3v) is 8.30. The Hall–Kier alpha value is -0.630. The van der Waals surface area contributed by atoms with Gasteiger partial charge in [0.05, 0.1) is 0 Å². The number of phenolic OH excluding ortho intramolecular Hbond substituents is 1. The fraction of sp³-hybridized carbons (Fsp3) is 0.760. The summed E-state index contributed by atoms with van der Waals surface area (Å²) in [6.45, 7) is 6.72. The molecule has 0 saturated heterocycles. The number of aryl methyl sites for hydroxylation is 1. The first-order chi connectivity index (χ1) is 13.2. The van der Waals surface area contributed by atoms with Crippen LogP contribution in [0, 0.1) is 0 Å². The lowest BCUT2D eigenvalue weighted by molar-refractivity contribution is 0.468. The first-order valence-corrected chi connectivity index (χ1v) is 13.6. The Labute approximate surface area is 172 Å². The highest BCUT2D eigenvalue weighted by Crippen LogP contribution is 2.34. The van der Waals surface area contributed by atoms with Crippen molar-refractivity contribution in [2.45, 2.75) is 110 Å². The van der Waals surface area contributed by atoms with Crippen LogP contribution >= 0.6 is 10.9 Å². The van der Waals surface area contributed by atoms with Crippen molar-refractivity contribution in [3.8, 4) is 5.75 Å². The predicted octanol–water partition coefficient (Wildman–Crippen LogP) is 8.18. The minimum Gasteiger partial charge on any atom is -0.508 e. The van der Waals surface area contributed by atoms with E-state index < -0.39 is 0 Å². The van der Waals surface area contributed by atoms with Crippen molar-refractivity contribution in [1.29, 1.82) is 0 Å². The van der Waals surface area contributed by atoms with Gasteiger partial charge in [-0.2, -0.15) is 0 Å². The average Bonchev–Trinajstić information content (AvgIpc) is 2.68. The second-order valence-corrected chi connectivity index (χ2v) is 10.7. The zero-order chi connectivity index (χ0) is 19.7. The zero-order valence-electron chi connectivity index (χ0n) is 18.4. The van der Waals surface area contributed by atoms with Crippen LogP contribution in [0.1, 0.15) is 109 Å². The van der Waals surface area contributed by atoms with Crippen molar-refractivity contribution in [3.05, 3.63) is 29.3 Å². The summed E-state index contributed by atoms with van der Waals surface area (Å²) in [5.41, 5.74) is 2.56. The number of benzene rings is 1. The molecule has 0 saturated carbocycles. The number of unbranched alkanes of at least 4 members (excludes halogenated alkanes) is 10. The molecule has 1 aromatic carbocycles. The van der Waals surface area contributed by atoms with Crippen molar-refractivity contribution in [2.24, 2.45) is 0 Å². The van der Waals surface area contributed by atoms with Crippen LogP contribution in [-0.4, -0.2) is 16.6 Å². The van der Waals surface area contributed by atoms with E-state index >= 15 is 0 Å². The monoisotopic (exact) mass is 394 g/mol. The Bertz CT molecular complexity index is 455. The summed E-state index contributed by atoms with van der Waals surface area (Å²) >= 11 is 0. The van der Waals surface area contributed by atoms with Crippen LogP contribution in [0.2, 0.25) is 0 Å². The fourth-order valence-corrected chi connectivity index (χ4v) is 6.37. The minimum absolute atomic E-state index is 0.105. The van der Waals surface area contributed by atoms with Gasteiger partial charge in [0.1, 0.15) is 5.75 Å². The summed E-state index contributed by atoms with van der Waals surface area (Å²) in [6, 6.07) is 6.33. The molecule has 0 aliphatic carbocycles. The van der Waals surface area contributed by atoms with Gasteiger partial charge >= 0.3 is 0 Å². The van der Waals surface area contributed by atoms with E-state index in [2.05, 4.69) is 32.9 Å². The molecule has 2 heteroatoms. The maximum atomic E-state index is 9.96. The lowest BCUT2D eigenvalue weighted by Crippen LogP contribution is -2.00. The fourth-order valence-electron chi connectivity index (χ4n) is 3.78. The summed E-state index contributed by atoms with van der Waals surface area (Å²) in [7, 11) is 0.105. The molecule has 0 bridgehead atoms. The minimum atomic E-state index is 0.105. The van der Waals surface area contributed by atoms with Gasteiger partial charge in [0.15, 0.2) is 0 Å². The lowest BCUT2D eigenvalue weighted by Gasteiger charge is -2.22. The molecule has 0 atom stereocenters. The van der Waals surface area contributed by atoms with Crippen LogP contribution in [0.15, 0.2) is 18.2 Å². The maximum absolute atomic E-state index is 9.96. The molecule has 1 nitrogen and oxygen atoms in total. The summed E-state index contributed by atoms with van der Waals surface area (Å²) in [4.78, 5) is 0. The summed E-state index contributed by atoms with van der Waals surface area (Å²) < 4.78 is 0. The summed E-state index contributed by atoms with van der Waals surface area (Å²) in [6.07, 6.45) is 17.8. The smallest absolute Gasteiger partial charge is 0.118 e. The first-order valence-electron chi connectivity index (χ1n) is 11.7. The summed E-state index contributed by atoms with van der Waals surface area (Å²) in [5, 5.41) is 9.96. The van der Waals surface area contributed by atoms with Crippen molar-refractivity contribution >= 4 is 10.9 Å². The molecule has 0 radical (unpaired) electrons. The molecule has 1 aromatic rings.